The molecule has 0 aromatic rings. The Morgan fingerprint density at radius 3 is 2.61 bits per heavy atom. The molecule has 1 fully saturated rings. The third kappa shape index (κ3) is 3.43. The molecule has 0 radical (unpaired) electrons. The van der Waals surface area contributed by atoms with E-state index in [1.807, 2.05) is 13.8 Å². The number of nitrogens with zero attached hydrogens (tertiary/aromatic N) is 1. The summed E-state index contributed by atoms with van der Waals surface area (Å²) in [6, 6.07) is -1.35. The minimum absolute atomic E-state index is 0.143. The zero-order chi connectivity index (χ0) is 13.9. The van der Waals surface area contributed by atoms with Crippen molar-refractivity contribution in [3.8, 4) is 0 Å². The molecule has 18 heavy (non-hydrogen) atoms. The first kappa shape index (κ1) is 14.9. The Bertz CT molecular complexity index is 319. The molecule has 0 aliphatic carbocycles. The van der Waals surface area contributed by atoms with Gasteiger partial charge in [-0.15, -0.1) is 0 Å². The second-order valence-corrected chi connectivity index (χ2v) is 5.16. The van der Waals surface area contributed by atoms with Crippen molar-refractivity contribution in [1.82, 2.24) is 4.90 Å². The van der Waals surface area contributed by atoms with E-state index in [9.17, 15) is 14.7 Å². The Hall–Kier alpha value is -1.14. The Balaban J connectivity index is 2.73. The van der Waals surface area contributed by atoms with Crippen LogP contribution in [-0.4, -0.2) is 53.7 Å². The molecule has 0 saturated carbocycles. The number of likely N-dealkylation sites (tertiary alicyclic amines) is 1. The number of aliphatic hydroxyl groups excluding tert-OH is 1. The van der Waals surface area contributed by atoms with E-state index in [4.69, 9.17) is 5.73 Å². The van der Waals surface area contributed by atoms with Gasteiger partial charge >= 0.3 is 5.97 Å². The summed E-state index contributed by atoms with van der Waals surface area (Å²) in [6.07, 6.45) is 0.0795. The molecule has 0 aromatic heterocycles. The molecule has 3 N–H and O–H groups in total. The minimum Gasteiger partial charge on any atom is -0.467 e. The average molecular weight is 258 g/mol. The van der Waals surface area contributed by atoms with E-state index in [-0.39, 0.29) is 18.9 Å². The van der Waals surface area contributed by atoms with Crippen molar-refractivity contribution >= 4 is 11.9 Å². The highest BCUT2D eigenvalue weighted by Gasteiger charge is 2.41. The van der Waals surface area contributed by atoms with Gasteiger partial charge in [-0.25, -0.2) is 4.79 Å². The van der Waals surface area contributed by atoms with Crippen LogP contribution in [0.4, 0.5) is 0 Å². The third-order valence-electron chi connectivity index (χ3n) is 3.08. The van der Waals surface area contributed by atoms with Crippen molar-refractivity contribution < 1.29 is 19.4 Å². The maximum absolute atomic E-state index is 12.1. The van der Waals surface area contributed by atoms with Gasteiger partial charge in [-0.05, 0) is 12.3 Å². The van der Waals surface area contributed by atoms with Crippen LogP contribution in [0.1, 0.15) is 26.7 Å². The van der Waals surface area contributed by atoms with Crippen molar-refractivity contribution in [3.05, 3.63) is 0 Å². The number of aliphatic hydroxyl groups is 1. The highest BCUT2D eigenvalue weighted by molar-refractivity contribution is 5.88. The zero-order valence-corrected chi connectivity index (χ0v) is 11.1. The SMILES string of the molecule is COC(=O)C1CC(O)CN1C(=O)C(N)CC(C)C. The fourth-order valence-electron chi connectivity index (χ4n) is 2.24. The molecule has 6 heteroatoms. The molecule has 1 aliphatic rings. The first-order chi connectivity index (χ1) is 8.36. The number of carbonyl (C=O) groups is 2. The van der Waals surface area contributed by atoms with E-state index < -0.39 is 24.2 Å². The van der Waals surface area contributed by atoms with E-state index in [1.165, 1.54) is 12.0 Å². The fourth-order valence-corrected chi connectivity index (χ4v) is 2.24. The second-order valence-electron chi connectivity index (χ2n) is 5.16. The van der Waals surface area contributed by atoms with Gasteiger partial charge in [-0.3, -0.25) is 4.79 Å². The predicted octanol–water partition coefficient (Wildman–Crippen LogP) is -0.505. The molecular formula is C12H22N2O4. The van der Waals surface area contributed by atoms with E-state index >= 15 is 0 Å². The lowest BCUT2D eigenvalue weighted by Crippen LogP contribution is -2.49. The van der Waals surface area contributed by atoms with Crippen molar-refractivity contribution in [2.45, 2.75) is 44.9 Å². The normalized spacial score (nSPS) is 25.3. The summed E-state index contributed by atoms with van der Waals surface area (Å²) in [5.41, 5.74) is 5.82. The highest BCUT2D eigenvalue weighted by atomic mass is 16.5. The van der Waals surface area contributed by atoms with Crippen LogP contribution in [0.2, 0.25) is 0 Å². The number of nitrogens with two attached hydrogens (primary N) is 1. The van der Waals surface area contributed by atoms with Crippen molar-refractivity contribution in [1.29, 1.82) is 0 Å². The average Bonchev–Trinajstić information content (AvgIpc) is 2.68. The van der Waals surface area contributed by atoms with Gasteiger partial charge < -0.3 is 20.5 Å². The van der Waals surface area contributed by atoms with Crippen molar-refractivity contribution in [2.24, 2.45) is 11.7 Å². The second kappa shape index (κ2) is 6.15. The van der Waals surface area contributed by atoms with E-state index in [0.29, 0.717) is 12.3 Å². The molecule has 3 unspecified atom stereocenters. The number of ether oxygens (including phenoxy) is 1. The molecule has 3 atom stereocenters. The number of esters is 1. The zero-order valence-electron chi connectivity index (χ0n) is 11.1. The van der Waals surface area contributed by atoms with Gasteiger partial charge in [0, 0.05) is 13.0 Å². The molecule has 1 amide bonds. The summed E-state index contributed by atoms with van der Waals surface area (Å²) in [6.45, 7) is 4.10. The number of amides is 1. The first-order valence-corrected chi connectivity index (χ1v) is 6.18. The van der Waals surface area contributed by atoms with Crippen LogP contribution in [0.3, 0.4) is 0 Å². The van der Waals surface area contributed by atoms with Gasteiger partial charge in [0.2, 0.25) is 5.91 Å². The molecule has 1 saturated heterocycles. The molecule has 0 bridgehead atoms. The smallest absolute Gasteiger partial charge is 0.328 e. The van der Waals surface area contributed by atoms with Crippen LogP contribution >= 0.6 is 0 Å². The molecular weight excluding hydrogens is 236 g/mol. The van der Waals surface area contributed by atoms with Gasteiger partial charge in [0.15, 0.2) is 0 Å². The summed E-state index contributed by atoms with van der Waals surface area (Å²) >= 11 is 0. The number of β-amino-alcohol motifs (C(OH)–C–C–N with tert-alkyl or cyclic N) is 1. The van der Waals surface area contributed by atoms with Gasteiger partial charge in [0.05, 0.1) is 19.3 Å². The van der Waals surface area contributed by atoms with E-state index in [0.717, 1.165) is 0 Å². The molecule has 0 aromatic carbocycles. The lowest BCUT2D eigenvalue weighted by atomic mass is 10.0. The van der Waals surface area contributed by atoms with Crippen molar-refractivity contribution in [2.75, 3.05) is 13.7 Å². The molecule has 6 nitrogen and oxygen atoms in total. The van der Waals surface area contributed by atoms with Crippen LogP contribution in [-0.2, 0) is 14.3 Å². The number of methoxy groups -OCH3 is 1. The summed E-state index contributed by atoms with van der Waals surface area (Å²) in [4.78, 5) is 25.0. The number of hydrogen-bond donors (Lipinski definition) is 2. The summed E-state index contributed by atoms with van der Waals surface area (Å²) in [5.74, 6) is -0.500. The third-order valence-corrected chi connectivity index (χ3v) is 3.08. The van der Waals surface area contributed by atoms with E-state index in [2.05, 4.69) is 4.74 Å². The van der Waals surface area contributed by atoms with Crippen molar-refractivity contribution in [3.63, 3.8) is 0 Å². The summed E-state index contributed by atoms with van der Waals surface area (Å²) < 4.78 is 4.64. The van der Waals surface area contributed by atoms with Gasteiger partial charge in [-0.2, -0.15) is 0 Å². The van der Waals surface area contributed by atoms with Crippen LogP contribution in [0, 0.1) is 5.92 Å². The molecule has 0 spiro atoms. The monoisotopic (exact) mass is 258 g/mol. The summed E-state index contributed by atoms with van der Waals surface area (Å²) in [7, 11) is 1.27. The minimum atomic E-state index is -0.712. The van der Waals surface area contributed by atoms with Gasteiger partial charge in [-0.1, -0.05) is 13.8 Å². The van der Waals surface area contributed by atoms with Crippen LogP contribution in [0.25, 0.3) is 0 Å². The lowest BCUT2D eigenvalue weighted by molar-refractivity contribution is -0.151. The standard InChI is InChI=1S/C12H22N2O4/c1-7(2)4-9(13)11(16)14-6-8(15)5-10(14)12(17)18-3/h7-10,15H,4-6,13H2,1-3H3. The number of hydrogen-bond acceptors (Lipinski definition) is 5. The maximum atomic E-state index is 12.1. The maximum Gasteiger partial charge on any atom is 0.328 e. The summed E-state index contributed by atoms with van der Waals surface area (Å²) in [5, 5.41) is 9.58. The fraction of sp³-hybridized carbons (Fsp3) is 0.833. The lowest BCUT2D eigenvalue weighted by Gasteiger charge is -2.26. The Labute approximate surface area is 107 Å². The molecule has 1 rings (SSSR count). The predicted molar refractivity (Wildman–Crippen MR) is 65.6 cm³/mol. The van der Waals surface area contributed by atoms with Gasteiger partial charge in [0.1, 0.15) is 6.04 Å². The first-order valence-electron chi connectivity index (χ1n) is 6.18. The molecule has 1 heterocycles. The number of carbonyl (C=O) groups excluding carboxylic acids is 2. The molecule has 1 aliphatic heterocycles. The van der Waals surface area contributed by atoms with Gasteiger partial charge in [0.25, 0.3) is 0 Å². The largest absolute Gasteiger partial charge is 0.467 e. The highest BCUT2D eigenvalue weighted by Crippen LogP contribution is 2.21. The van der Waals surface area contributed by atoms with Crippen LogP contribution < -0.4 is 5.73 Å². The Kier molecular flexibility index (Phi) is 5.10. The molecule has 104 valence electrons. The quantitative estimate of drug-likeness (QED) is 0.663. The Morgan fingerprint density at radius 1 is 1.50 bits per heavy atom. The van der Waals surface area contributed by atoms with Crippen LogP contribution in [0.15, 0.2) is 0 Å². The number of rotatable bonds is 4. The van der Waals surface area contributed by atoms with Crippen LogP contribution in [0.5, 0.6) is 0 Å². The van der Waals surface area contributed by atoms with E-state index in [1.54, 1.807) is 0 Å². The Morgan fingerprint density at radius 2 is 2.11 bits per heavy atom. The topological polar surface area (TPSA) is 92.9 Å².